The topological polar surface area (TPSA) is 82.9 Å². The van der Waals surface area contributed by atoms with E-state index in [1.807, 2.05) is 0 Å². The molecule has 0 spiro atoms. The fraction of sp³-hybridized carbons (Fsp3) is 0.615. The molecule has 0 bridgehead atoms. The van der Waals surface area contributed by atoms with E-state index < -0.39 is 10.0 Å². The van der Waals surface area contributed by atoms with E-state index in [0.29, 0.717) is 30.1 Å². The number of sulfonamides is 1. The molecule has 2 heterocycles. The lowest BCUT2D eigenvalue weighted by atomic mass is 10.1. The lowest BCUT2D eigenvalue weighted by Crippen LogP contribution is -2.51. The molecule has 1 N–H and O–H groups in total. The summed E-state index contributed by atoms with van der Waals surface area (Å²) in [4.78, 5) is 13.7. The molecule has 2 amide bonds. The number of furan rings is 1. The molecule has 7 nitrogen and oxygen atoms in total. The lowest BCUT2D eigenvalue weighted by Gasteiger charge is -2.32. The van der Waals surface area contributed by atoms with Gasteiger partial charge in [-0.1, -0.05) is 0 Å². The highest BCUT2D eigenvalue weighted by Crippen LogP contribution is 2.16. The maximum absolute atomic E-state index is 12.2. The normalized spacial score (nSPS) is 19.9. The van der Waals surface area contributed by atoms with Gasteiger partial charge in [-0.3, -0.25) is 0 Å². The molecule has 1 fully saturated rings. The number of nitrogens with zero attached hydrogens (tertiary/aromatic N) is 2. The number of hydrogen-bond acceptors (Lipinski definition) is 4. The quantitative estimate of drug-likeness (QED) is 0.841. The number of carbonyl (C=O) groups excluding carboxylic acids is 1. The first kappa shape index (κ1) is 17.3. The summed E-state index contributed by atoms with van der Waals surface area (Å²) >= 11 is 3.22. The van der Waals surface area contributed by atoms with Crippen LogP contribution in [0.15, 0.2) is 21.2 Å². The summed E-state index contributed by atoms with van der Waals surface area (Å²) in [6.45, 7) is 1.19. The second-order valence-corrected chi connectivity index (χ2v) is 8.24. The smallest absolute Gasteiger partial charge is 0.317 e. The fourth-order valence-electron chi connectivity index (χ4n) is 2.39. The standard InChI is InChI=1S/C13H20BrN3O4S/c1-16(9-11-5-6-12(14)21-11)13(18)15-10-4-3-7-17(8-10)22(2,19)20/h5-6,10H,3-4,7-9H2,1-2H3,(H,15,18). The van der Waals surface area contributed by atoms with Crippen molar-refractivity contribution in [3.63, 3.8) is 0 Å². The second kappa shape index (κ2) is 7.01. The molecule has 0 aliphatic carbocycles. The lowest BCUT2D eigenvalue weighted by molar-refractivity contribution is 0.190. The molecule has 0 radical (unpaired) electrons. The molecule has 1 aliphatic heterocycles. The first-order valence-electron chi connectivity index (χ1n) is 6.96. The van der Waals surface area contributed by atoms with E-state index in [4.69, 9.17) is 4.42 Å². The van der Waals surface area contributed by atoms with Gasteiger partial charge < -0.3 is 14.6 Å². The second-order valence-electron chi connectivity index (χ2n) is 5.47. The van der Waals surface area contributed by atoms with Gasteiger partial charge in [0.15, 0.2) is 4.67 Å². The number of amides is 2. The third-order valence-corrected chi connectivity index (χ3v) is 5.25. The number of hydrogen-bond donors (Lipinski definition) is 1. The summed E-state index contributed by atoms with van der Waals surface area (Å²) < 4.78 is 30.6. The van der Waals surface area contributed by atoms with Gasteiger partial charge >= 0.3 is 6.03 Å². The van der Waals surface area contributed by atoms with Crippen LogP contribution in [0.3, 0.4) is 0 Å². The van der Waals surface area contributed by atoms with E-state index in [2.05, 4.69) is 21.2 Å². The van der Waals surface area contributed by atoms with Gasteiger partial charge in [-0.2, -0.15) is 0 Å². The van der Waals surface area contributed by atoms with Crippen molar-refractivity contribution in [2.24, 2.45) is 0 Å². The summed E-state index contributed by atoms with van der Waals surface area (Å²) in [6, 6.07) is 3.15. The zero-order chi connectivity index (χ0) is 16.3. The monoisotopic (exact) mass is 393 g/mol. The van der Waals surface area contributed by atoms with Crippen molar-refractivity contribution in [3.8, 4) is 0 Å². The summed E-state index contributed by atoms with van der Waals surface area (Å²) in [5.41, 5.74) is 0. The molecule has 1 atom stereocenters. The fourth-order valence-corrected chi connectivity index (χ4v) is 3.64. The summed E-state index contributed by atoms with van der Waals surface area (Å²) in [5.74, 6) is 0.672. The third kappa shape index (κ3) is 4.72. The maximum atomic E-state index is 12.2. The van der Waals surface area contributed by atoms with Gasteiger partial charge in [-0.05, 0) is 40.9 Å². The van der Waals surface area contributed by atoms with Gasteiger partial charge in [0, 0.05) is 26.2 Å². The maximum Gasteiger partial charge on any atom is 0.317 e. The largest absolute Gasteiger partial charge is 0.452 e. The molecule has 0 aromatic carbocycles. The highest BCUT2D eigenvalue weighted by Gasteiger charge is 2.27. The number of urea groups is 1. The Labute approximate surface area is 138 Å². The van der Waals surface area contributed by atoms with Crippen molar-refractivity contribution < 1.29 is 17.6 Å². The third-order valence-electron chi connectivity index (χ3n) is 3.55. The number of halogens is 1. The van der Waals surface area contributed by atoms with Crippen molar-refractivity contribution >= 4 is 32.0 Å². The average Bonchev–Trinajstić information content (AvgIpc) is 2.83. The van der Waals surface area contributed by atoms with Crippen LogP contribution in [0.1, 0.15) is 18.6 Å². The zero-order valence-electron chi connectivity index (χ0n) is 12.6. The number of nitrogens with one attached hydrogen (secondary N) is 1. The summed E-state index contributed by atoms with van der Waals surface area (Å²) in [7, 11) is -1.54. The molecular weight excluding hydrogens is 374 g/mol. The van der Waals surface area contributed by atoms with Gasteiger partial charge in [-0.25, -0.2) is 17.5 Å². The van der Waals surface area contributed by atoms with Crippen LogP contribution in [0, 0.1) is 0 Å². The molecular formula is C13H20BrN3O4S. The molecule has 1 aromatic heterocycles. The minimum atomic E-state index is -3.21. The van der Waals surface area contributed by atoms with Gasteiger partial charge in [0.25, 0.3) is 0 Å². The molecule has 124 valence electrons. The van der Waals surface area contributed by atoms with Crippen molar-refractivity contribution in [1.82, 2.24) is 14.5 Å². The van der Waals surface area contributed by atoms with E-state index >= 15 is 0 Å². The van der Waals surface area contributed by atoms with Crippen LogP contribution in [0.5, 0.6) is 0 Å². The molecule has 1 aromatic rings. The van der Waals surface area contributed by atoms with Gasteiger partial charge in [0.1, 0.15) is 5.76 Å². The SMILES string of the molecule is CN(Cc1ccc(Br)o1)C(=O)NC1CCCN(S(C)(=O)=O)C1. The molecule has 1 saturated heterocycles. The van der Waals surface area contributed by atoms with Crippen LogP contribution in [0.25, 0.3) is 0 Å². The number of carbonyl (C=O) groups is 1. The van der Waals surface area contributed by atoms with Gasteiger partial charge in [-0.15, -0.1) is 0 Å². The minimum absolute atomic E-state index is 0.165. The summed E-state index contributed by atoms with van der Waals surface area (Å²) in [6.07, 6.45) is 2.71. The molecule has 1 unspecified atom stereocenters. The first-order chi connectivity index (χ1) is 10.3. The van der Waals surface area contributed by atoms with Crippen LogP contribution >= 0.6 is 15.9 Å². The van der Waals surface area contributed by atoms with E-state index in [1.165, 1.54) is 15.5 Å². The van der Waals surface area contributed by atoms with Crippen LogP contribution in [-0.2, 0) is 16.6 Å². The van der Waals surface area contributed by atoms with E-state index in [-0.39, 0.29) is 12.1 Å². The Balaban J connectivity index is 1.88. The van der Waals surface area contributed by atoms with Crippen LogP contribution in [0.4, 0.5) is 4.79 Å². The van der Waals surface area contributed by atoms with Crippen molar-refractivity contribution in [2.75, 3.05) is 26.4 Å². The predicted octanol–water partition coefficient (Wildman–Crippen LogP) is 1.61. The Hall–Kier alpha value is -1.06. The Kier molecular flexibility index (Phi) is 5.51. The van der Waals surface area contributed by atoms with Crippen LogP contribution in [0.2, 0.25) is 0 Å². The van der Waals surface area contributed by atoms with Gasteiger partial charge in [0.05, 0.1) is 12.8 Å². The highest BCUT2D eigenvalue weighted by molar-refractivity contribution is 9.10. The van der Waals surface area contributed by atoms with Crippen molar-refractivity contribution in [1.29, 1.82) is 0 Å². The van der Waals surface area contributed by atoms with E-state index in [1.54, 1.807) is 19.2 Å². The Morgan fingerprint density at radius 3 is 2.86 bits per heavy atom. The molecule has 2 rings (SSSR count). The minimum Gasteiger partial charge on any atom is -0.452 e. The molecule has 9 heteroatoms. The Morgan fingerprint density at radius 1 is 1.55 bits per heavy atom. The van der Waals surface area contributed by atoms with E-state index in [0.717, 1.165) is 12.8 Å². The number of rotatable bonds is 4. The average molecular weight is 394 g/mol. The Bertz CT molecular complexity index is 631. The molecule has 1 aliphatic rings. The van der Waals surface area contributed by atoms with Crippen molar-refractivity contribution in [2.45, 2.75) is 25.4 Å². The number of piperidine rings is 1. The zero-order valence-corrected chi connectivity index (χ0v) is 15.0. The Morgan fingerprint density at radius 2 is 2.27 bits per heavy atom. The first-order valence-corrected chi connectivity index (χ1v) is 9.61. The van der Waals surface area contributed by atoms with E-state index in [9.17, 15) is 13.2 Å². The highest BCUT2D eigenvalue weighted by atomic mass is 79.9. The molecule has 0 saturated carbocycles. The van der Waals surface area contributed by atoms with Crippen molar-refractivity contribution in [3.05, 3.63) is 22.6 Å². The molecule has 22 heavy (non-hydrogen) atoms. The summed E-state index contributed by atoms with van der Waals surface area (Å²) in [5, 5.41) is 2.88. The predicted molar refractivity (Wildman–Crippen MR) is 85.8 cm³/mol. The van der Waals surface area contributed by atoms with Crippen LogP contribution in [-0.4, -0.2) is 56.1 Å². The van der Waals surface area contributed by atoms with Crippen LogP contribution < -0.4 is 5.32 Å². The van der Waals surface area contributed by atoms with Gasteiger partial charge in [0.2, 0.25) is 10.0 Å².